The molecule has 0 spiro atoms. The minimum atomic E-state index is 0.114. The molecule has 96 valence electrons. The number of rotatable bonds is 5. The van der Waals surface area contributed by atoms with Crippen LogP contribution in [0.1, 0.15) is 33.6 Å². The summed E-state index contributed by atoms with van der Waals surface area (Å²) in [6.07, 6.45) is 5.82. The molecule has 1 rings (SSSR count). The second kappa shape index (κ2) is 6.10. The molecule has 0 aromatic rings. The summed E-state index contributed by atoms with van der Waals surface area (Å²) in [5.41, 5.74) is 6.42. The molecule has 17 heavy (non-hydrogen) atoms. The molecule has 3 nitrogen and oxygen atoms in total. The third kappa shape index (κ3) is 3.50. The highest BCUT2D eigenvalue weighted by Crippen LogP contribution is 2.33. The molecular formula is C14H24N2O. The van der Waals surface area contributed by atoms with Crippen molar-refractivity contribution in [2.75, 3.05) is 6.54 Å². The first-order valence-corrected chi connectivity index (χ1v) is 6.42. The van der Waals surface area contributed by atoms with E-state index in [-0.39, 0.29) is 17.6 Å². The zero-order chi connectivity index (χ0) is 13.0. The average molecular weight is 236 g/mol. The van der Waals surface area contributed by atoms with Gasteiger partial charge >= 0.3 is 0 Å². The number of hydrogen-bond donors (Lipinski definition) is 2. The standard InChI is InChI=1S/C14H24N2O/c1-9(11(3)17)7-10(2)12-5-4-6-14(16)13(12)8-15/h4,6,9-10,12-13,16H,5,7-8,15H2,1-3H3. The fourth-order valence-corrected chi connectivity index (χ4v) is 2.70. The lowest BCUT2D eigenvalue weighted by atomic mass is 9.72. The Balaban J connectivity index is 2.67. The van der Waals surface area contributed by atoms with Crippen LogP contribution in [0.2, 0.25) is 0 Å². The van der Waals surface area contributed by atoms with Crippen LogP contribution in [0.3, 0.4) is 0 Å². The van der Waals surface area contributed by atoms with Crippen LogP contribution in [0, 0.1) is 29.1 Å². The topological polar surface area (TPSA) is 66.9 Å². The van der Waals surface area contributed by atoms with E-state index in [9.17, 15) is 4.79 Å². The molecule has 0 aromatic carbocycles. The minimum absolute atomic E-state index is 0.114. The van der Waals surface area contributed by atoms with Gasteiger partial charge in [0.05, 0.1) is 0 Å². The zero-order valence-electron chi connectivity index (χ0n) is 11.1. The summed E-state index contributed by atoms with van der Waals surface area (Å²) < 4.78 is 0. The van der Waals surface area contributed by atoms with Gasteiger partial charge in [0.2, 0.25) is 0 Å². The number of nitrogens with two attached hydrogens (primary N) is 1. The van der Waals surface area contributed by atoms with Gasteiger partial charge in [-0.2, -0.15) is 0 Å². The summed E-state index contributed by atoms with van der Waals surface area (Å²) in [6, 6.07) is 0. The Morgan fingerprint density at radius 1 is 1.59 bits per heavy atom. The Labute approximate surface area is 104 Å². The van der Waals surface area contributed by atoms with E-state index in [1.807, 2.05) is 13.0 Å². The lowest BCUT2D eigenvalue weighted by Gasteiger charge is -2.33. The number of ketones is 1. The smallest absolute Gasteiger partial charge is 0.132 e. The molecule has 0 heterocycles. The van der Waals surface area contributed by atoms with Crippen molar-refractivity contribution in [3.8, 4) is 0 Å². The Morgan fingerprint density at radius 3 is 2.76 bits per heavy atom. The summed E-state index contributed by atoms with van der Waals surface area (Å²) in [5.74, 6) is 1.38. The van der Waals surface area contributed by atoms with Gasteiger partial charge in [-0.15, -0.1) is 0 Å². The predicted octanol–water partition coefficient (Wildman–Crippen LogP) is 2.41. The van der Waals surface area contributed by atoms with Crippen LogP contribution in [-0.4, -0.2) is 18.0 Å². The predicted molar refractivity (Wildman–Crippen MR) is 71.1 cm³/mol. The highest BCUT2D eigenvalue weighted by Gasteiger charge is 2.30. The van der Waals surface area contributed by atoms with Crippen LogP contribution in [0.4, 0.5) is 0 Å². The normalized spacial score (nSPS) is 27.9. The maximum Gasteiger partial charge on any atom is 0.132 e. The number of carbonyl (C=O) groups is 1. The van der Waals surface area contributed by atoms with Crippen molar-refractivity contribution in [3.63, 3.8) is 0 Å². The average Bonchev–Trinajstić information content (AvgIpc) is 2.28. The summed E-state index contributed by atoms with van der Waals surface area (Å²) in [5, 5.41) is 7.90. The van der Waals surface area contributed by atoms with Crippen LogP contribution in [0.5, 0.6) is 0 Å². The molecule has 0 amide bonds. The van der Waals surface area contributed by atoms with E-state index >= 15 is 0 Å². The van der Waals surface area contributed by atoms with Crippen LogP contribution >= 0.6 is 0 Å². The molecular weight excluding hydrogens is 212 g/mol. The molecule has 4 unspecified atom stereocenters. The number of allylic oxidation sites excluding steroid dienone is 2. The van der Waals surface area contributed by atoms with E-state index in [4.69, 9.17) is 11.1 Å². The number of Topliss-reactive ketones (excluding diaryl/α,β-unsaturated/α-hetero) is 1. The van der Waals surface area contributed by atoms with Crippen molar-refractivity contribution < 1.29 is 4.79 Å². The SMILES string of the molecule is CC(=O)C(C)CC(C)C1CC=CC(=N)C1CN. The molecule has 0 radical (unpaired) electrons. The van der Waals surface area contributed by atoms with Gasteiger partial charge in [0, 0.05) is 24.1 Å². The van der Waals surface area contributed by atoms with Gasteiger partial charge in [-0.25, -0.2) is 0 Å². The Morgan fingerprint density at radius 2 is 2.24 bits per heavy atom. The summed E-state index contributed by atoms with van der Waals surface area (Å²) >= 11 is 0. The molecule has 3 heteroatoms. The Bertz CT molecular complexity index is 322. The first-order chi connectivity index (χ1) is 7.97. The first kappa shape index (κ1) is 14.1. The molecule has 0 aliphatic heterocycles. The van der Waals surface area contributed by atoms with Gasteiger partial charge < -0.3 is 11.1 Å². The first-order valence-electron chi connectivity index (χ1n) is 6.42. The van der Waals surface area contributed by atoms with Crippen LogP contribution in [-0.2, 0) is 4.79 Å². The molecule has 0 bridgehead atoms. The molecule has 0 saturated heterocycles. The molecule has 0 fully saturated rings. The second-order valence-corrected chi connectivity index (χ2v) is 5.32. The van der Waals surface area contributed by atoms with Crippen molar-refractivity contribution in [1.82, 2.24) is 0 Å². The van der Waals surface area contributed by atoms with Crippen molar-refractivity contribution in [1.29, 1.82) is 5.41 Å². The molecule has 0 aromatic heterocycles. The van der Waals surface area contributed by atoms with Gasteiger partial charge in [0.25, 0.3) is 0 Å². The largest absolute Gasteiger partial charge is 0.330 e. The maximum atomic E-state index is 11.3. The van der Waals surface area contributed by atoms with Gasteiger partial charge in [0.15, 0.2) is 0 Å². The third-order valence-electron chi connectivity index (χ3n) is 4.03. The van der Waals surface area contributed by atoms with Gasteiger partial charge in [0.1, 0.15) is 5.78 Å². The highest BCUT2D eigenvalue weighted by atomic mass is 16.1. The lowest BCUT2D eigenvalue weighted by Crippen LogP contribution is -2.36. The lowest BCUT2D eigenvalue weighted by molar-refractivity contribution is -0.120. The molecule has 1 aliphatic rings. The Hall–Kier alpha value is -0.960. The monoisotopic (exact) mass is 236 g/mol. The fraction of sp³-hybridized carbons (Fsp3) is 0.714. The quantitative estimate of drug-likeness (QED) is 0.769. The van der Waals surface area contributed by atoms with Crippen molar-refractivity contribution in [2.24, 2.45) is 29.4 Å². The number of nitrogens with one attached hydrogen (secondary N) is 1. The number of hydrogen-bond acceptors (Lipinski definition) is 3. The Kier molecular flexibility index (Phi) is 5.06. The second-order valence-electron chi connectivity index (χ2n) is 5.32. The summed E-state index contributed by atoms with van der Waals surface area (Å²) in [4.78, 5) is 11.3. The molecule has 3 N–H and O–H groups in total. The van der Waals surface area contributed by atoms with E-state index in [1.165, 1.54) is 0 Å². The van der Waals surface area contributed by atoms with Crippen LogP contribution in [0.25, 0.3) is 0 Å². The van der Waals surface area contributed by atoms with Crippen molar-refractivity contribution in [3.05, 3.63) is 12.2 Å². The minimum Gasteiger partial charge on any atom is -0.330 e. The molecule has 1 aliphatic carbocycles. The highest BCUT2D eigenvalue weighted by molar-refractivity contribution is 5.95. The van der Waals surface area contributed by atoms with E-state index in [1.54, 1.807) is 6.92 Å². The van der Waals surface area contributed by atoms with Crippen LogP contribution in [0.15, 0.2) is 12.2 Å². The molecule has 4 atom stereocenters. The maximum absolute atomic E-state index is 11.3. The third-order valence-corrected chi connectivity index (χ3v) is 4.03. The van der Waals surface area contributed by atoms with E-state index in [0.717, 1.165) is 12.8 Å². The molecule has 0 saturated carbocycles. The van der Waals surface area contributed by atoms with Crippen molar-refractivity contribution in [2.45, 2.75) is 33.6 Å². The van der Waals surface area contributed by atoms with E-state index < -0.39 is 0 Å². The van der Waals surface area contributed by atoms with E-state index in [2.05, 4.69) is 13.0 Å². The van der Waals surface area contributed by atoms with Gasteiger partial charge in [-0.05, 0) is 37.7 Å². The summed E-state index contributed by atoms with van der Waals surface area (Å²) in [6.45, 7) is 6.35. The van der Waals surface area contributed by atoms with Gasteiger partial charge in [-0.1, -0.05) is 19.9 Å². The summed E-state index contributed by atoms with van der Waals surface area (Å²) in [7, 11) is 0. The fourth-order valence-electron chi connectivity index (χ4n) is 2.70. The van der Waals surface area contributed by atoms with Crippen LogP contribution < -0.4 is 5.73 Å². The number of carbonyl (C=O) groups excluding carboxylic acids is 1. The van der Waals surface area contributed by atoms with Crippen molar-refractivity contribution >= 4 is 11.5 Å². The van der Waals surface area contributed by atoms with Gasteiger partial charge in [-0.3, -0.25) is 4.79 Å². The zero-order valence-corrected chi connectivity index (χ0v) is 11.1. The van der Waals surface area contributed by atoms with E-state index in [0.29, 0.717) is 24.1 Å².